The molecule has 0 saturated heterocycles. The van der Waals surface area contributed by atoms with E-state index >= 15 is 0 Å². The van der Waals surface area contributed by atoms with Crippen molar-refractivity contribution in [2.75, 3.05) is 19.8 Å². The van der Waals surface area contributed by atoms with Crippen LogP contribution in [-0.2, 0) is 6.42 Å². The molecular weight excluding hydrogens is 274 g/mol. The van der Waals surface area contributed by atoms with E-state index in [9.17, 15) is 0 Å². The van der Waals surface area contributed by atoms with Crippen LogP contribution < -0.4 is 15.2 Å². The Kier molecular flexibility index (Phi) is 5.71. The van der Waals surface area contributed by atoms with Crippen molar-refractivity contribution >= 4 is 11.6 Å². The van der Waals surface area contributed by atoms with Crippen LogP contribution in [0.25, 0.3) is 0 Å². The lowest BCUT2D eigenvalue weighted by molar-refractivity contribution is 0.217. The number of rotatable bonds is 7. The zero-order valence-electron chi connectivity index (χ0n) is 11.2. The maximum atomic E-state index is 5.80. The normalized spacial score (nSPS) is 10.3. The van der Waals surface area contributed by atoms with E-state index in [1.807, 2.05) is 36.4 Å². The highest BCUT2D eigenvalue weighted by molar-refractivity contribution is 6.30. The van der Waals surface area contributed by atoms with Gasteiger partial charge in [-0.1, -0.05) is 23.7 Å². The van der Waals surface area contributed by atoms with Crippen molar-refractivity contribution in [3.8, 4) is 11.5 Å². The third kappa shape index (κ3) is 4.76. The van der Waals surface area contributed by atoms with Gasteiger partial charge in [-0.3, -0.25) is 0 Å². The minimum atomic E-state index is 0.492. The Balaban J connectivity index is 1.71. The van der Waals surface area contributed by atoms with Crippen LogP contribution in [0, 0.1) is 0 Å². The van der Waals surface area contributed by atoms with E-state index in [1.54, 1.807) is 12.1 Å². The number of halogens is 1. The summed E-state index contributed by atoms with van der Waals surface area (Å²) in [6, 6.07) is 15.2. The zero-order chi connectivity index (χ0) is 14.2. The summed E-state index contributed by atoms with van der Waals surface area (Å²) in [6.07, 6.45) is 0.889. The first-order valence-electron chi connectivity index (χ1n) is 6.58. The van der Waals surface area contributed by atoms with Crippen molar-refractivity contribution in [2.45, 2.75) is 6.42 Å². The van der Waals surface area contributed by atoms with Crippen LogP contribution in [0.5, 0.6) is 11.5 Å². The number of ether oxygens (including phenoxy) is 2. The number of nitrogens with two attached hydrogens (primary N) is 1. The van der Waals surface area contributed by atoms with Crippen LogP contribution >= 0.6 is 11.6 Å². The highest BCUT2D eigenvalue weighted by Gasteiger charge is 1.97. The van der Waals surface area contributed by atoms with E-state index in [0.29, 0.717) is 24.8 Å². The Morgan fingerprint density at radius 1 is 0.800 bits per heavy atom. The zero-order valence-corrected chi connectivity index (χ0v) is 12.0. The van der Waals surface area contributed by atoms with Crippen LogP contribution in [-0.4, -0.2) is 19.8 Å². The van der Waals surface area contributed by atoms with Gasteiger partial charge in [0.25, 0.3) is 0 Å². The Hall–Kier alpha value is -1.71. The average molecular weight is 292 g/mol. The fourth-order valence-corrected chi connectivity index (χ4v) is 1.89. The van der Waals surface area contributed by atoms with E-state index in [1.165, 1.54) is 5.56 Å². The molecule has 0 saturated carbocycles. The van der Waals surface area contributed by atoms with Gasteiger partial charge in [0, 0.05) is 5.02 Å². The van der Waals surface area contributed by atoms with E-state index < -0.39 is 0 Å². The third-order valence-corrected chi connectivity index (χ3v) is 3.04. The summed E-state index contributed by atoms with van der Waals surface area (Å²) < 4.78 is 11.1. The van der Waals surface area contributed by atoms with Gasteiger partial charge in [0.05, 0.1) is 0 Å². The van der Waals surface area contributed by atoms with E-state index in [4.69, 9.17) is 26.8 Å². The lowest BCUT2D eigenvalue weighted by Gasteiger charge is -2.09. The molecule has 0 atom stereocenters. The Morgan fingerprint density at radius 2 is 1.30 bits per heavy atom. The molecule has 0 heterocycles. The maximum Gasteiger partial charge on any atom is 0.122 e. The van der Waals surface area contributed by atoms with Crippen LogP contribution in [0.4, 0.5) is 0 Å². The van der Waals surface area contributed by atoms with Crippen molar-refractivity contribution in [3.05, 3.63) is 59.1 Å². The number of hydrogen-bond acceptors (Lipinski definition) is 3. The highest BCUT2D eigenvalue weighted by Crippen LogP contribution is 2.16. The van der Waals surface area contributed by atoms with Crippen molar-refractivity contribution in [3.63, 3.8) is 0 Å². The van der Waals surface area contributed by atoms with Gasteiger partial charge < -0.3 is 15.2 Å². The minimum absolute atomic E-state index is 0.492. The summed E-state index contributed by atoms with van der Waals surface area (Å²) in [5.41, 5.74) is 6.73. The first-order valence-corrected chi connectivity index (χ1v) is 6.96. The molecule has 0 radical (unpaired) electrons. The largest absolute Gasteiger partial charge is 0.490 e. The van der Waals surface area contributed by atoms with Gasteiger partial charge in [-0.25, -0.2) is 0 Å². The Morgan fingerprint density at radius 3 is 1.80 bits per heavy atom. The van der Waals surface area contributed by atoms with Crippen molar-refractivity contribution in [1.29, 1.82) is 0 Å². The molecular formula is C16H18ClNO2. The first-order chi connectivity index (χ1) is 9.78. The summed E-state index contributed by atoms with van der Waals surface area (Å²) in [4.78, 5) is 0. The molecule has 2 rings (SSSR count). The molecule has 20 heavy (non-hydrogen) atoms. The highest BCUT2D eigenvalue weighted by atomic mass is 35.5. The fraction of sp³-hybridized carbons (Fsp3) is 0.250. The third-order valence-electron chi connectivity index (χ3n) is 2.79. The SMILES string of the molecule is NCCc1ccc(OCCOc2ccc(Cl)cc2)cc1. The number of benzene rings is 2. The molecule has 0 bridgehead atoms. The maximum absolute atomic E-state index is 5.80. The molecule has 2 aromatic carbocycles. The average Bonchev–Trinajstić information content (AvgIpc) is 2.47. The summed E-state index contributed by atoms with van der Waals surface area (Å²) in [5.74, 6) is 1.63. The summed E-state index contributed by atoms with van der Waals surface area (Å²) in [5, 5.41) is 0.700. The second-order valence-corrected chi connectivity index (χ2v) is 4.77. The molecule has 2 N–H and O–H groups in total. The minimum Gasteiger partial charge on any atom is -0.490 e. The second kappa shape index (κ2) is 7.78. The van der Waals surface area contributed by atoms with Gasteiger partial charge in [0.2, 0.25) is 0 Å². The van der Waals surface area contributed by atoms with Gasteiger partial charge in [-0.15, -0.1) is 0 Å². The first kappa shape index (κ1) is 14.7. The molecule has 0 spiro atoms. The van der Waals surface area contributed by atoms with Crippen molar-refractivity contribution < 1.29 is 9.47 Å². The standard InChI is InChI=1S/C16H18ClNO2/c17-14-3-7-16(8-4-14)20-12-11-19-15-5-1-13(2-6-15)9-10-18/h1-8H,9-12,18H2. The molecule has 0 aromatic heterocycles. The lowest BCUT2D eigenvalue weighted by atomic mass is 10.1. The van der Waals surface area contributed by atoms with Gasteiger partial charge in [0.1, 0.15) is 24.7 Å². The van der Waals surface area contributed by atoms with Gasteiger partial charge >= 0.3 is 0 Å². The smallest absolute Gasteiger partial charge is 0.122 e. The van der Waals surface area contributed by atoms with Crippen molar-refractivity contribution in [1.82, 2.24) is 0 Å². The Labute approximate surface area is 124 Å². The van der Waals surface area contributed by atoms with Crippen LogP contribution in [0.3, 0.4) is 0 Å². The molecule has 0 fully saturated rings. The lowest BCUT2D eigenvalue weighted by Crippen LogP contribution is -2.09. The van der Waals surface area contributed by atoms with E-state index in [-0.39, 0.29) is 0 Å². The predicted octanol–water partition coefficient (Wildman–Crippen LogP) is 3.30. The molecule has 4 heteroatoms. The summed E-state index contributed by atoms with van der Waals surface area (Å²) in [7, 11) is 0. The van der Waals surface area contributed by atoms with Crippen molar-refractivity contribution in [2.24, 2.45) is 5.73 Å². The molecule has 0 aliphatic rings. The molecule has 106 valence electrons. The van der Waals surface area contributed by atoms with E-state index in [0.717, 1.165) is 17.9 Å². The molecule has 3 nitrogen and oxygen atoms in total. The fourth-order valence-electron chi connectivity index (χ4n) is 1.77. The van der Waals surface area contributed by atoms with E-state index in [2.05, 4.69) is 0 Å². The van der Waals surface area contributed by atoms with Gasteiger partial charge in [-0.05, 0) is 54.9 Å². The van der Waals surface area contributed by atoms with Crippen LogP contribution in [0.1, 0.15) is 5.56 Å². The summed E-state index contributed by atoms with van der Waals surface area (Å²) in [6.45, 7) is 1.65. The molecule has 0 amide bonds. The summed E-state index contributed by atoms with van der Waals surface area (Å²) >= 11 is 5.80. The monoisotopic (exact) mass is 291 g/mol. The predicted molar refractivity (Wildman–Crippen MR) is 81.6 cm³/mol. The van der Waals surface area contributed by atoms with Gasteiger partial charge in [-0.2, -0.15) is 0 Å². The van der Waals surface area contributed by atoms with Crippen LogP contribution in [0.2, 0.25) is 5.02 Å². The number of hydrogen-bond donors (Lipinski definition) is 1. The second-order valence-electron chi connectivity index (χ2n) is 4.33. The molecule has 0 aliphatic carbocycles. The van der Waals surface area contributed by atoms with Crippen LogP contribution in [0.15, 0.2) is 48.5 Å². The topological polar surface area (TPSA) is 44.5 Å². The molecule has 0 aliphatic heterocycles. The van der Waals surface area contributed by atoms with Gasteiger partial charge in [0.15, 0.2) is 0 Å². The quantitative estimate of drug-likeness (QED) is 0.796. The molecule has 0 unspecified atom stereocenters. The Bertz CT molecular complexity index is 511. The molecule has 2 aromatic rings.